The van der Waals surface area contributed by atoms with Gasteiger partial charge in [-0.3, -0.25) is 4.90 Å². The Morgan fingerprint density at radius 3 is 2.12 bits per heavy atom. The van der Waals surface area contributed by atoms with E-state index in [0.717, 1.165) is 30.7 Å². The minimum absolute atomic E-state index is 0.194. The molecule has 0 unspecified atom stereocenters. The third-order valence-electron chi connectivity index (χ3n) is 5.02. The van der Waals surface area contributed by atoms with E-state index in [-0.39, 0.29) is 9.92 Å². The second-order valence-corrected chi connectivity index (χ2v) is 9.95. The molecule has 2 saturated heterocycles. The first kappa shape index (κ1) is 19.6. The van der Waals surface area contributed by atoms with Crippen LogP contribution in [0.1, 0.15) is 19.3 Å². The fourth-order valence-electron chi connectivity index (χ4n) is 3.48. The normalized spacial score (nSPS) is 21.5. The summed E-state index contributed by atoms with van der Waals surface area (Å²) in [5, 5.41) is 0.266. The van der Waals surface area contributed by atoms with Gasteiger partial charge in [-0.1, -0.05) is 34.0 Å². The Labute approximate surface area is 164 Å². The summed E-state index contributed by atoms with van der Waals surface area (Å²) in [4.78, 5) is 5.08. The van der Waals surface area contributed by atoms with Crippen LogP contribution in [0.5, 0.6) is 0 Å². The van der Waals surface area contributed by atoms with Crippen LogP contribution in [0.3, 0.4) is 0 Å². The topological polar surface area (TPSA) is 43.9 Å². The van der Waals surface area contributed by atoms with Crippen molar-refractivity contribution in [3.63, 3.8) is 0 Å². The van der Waals surface area contributed by atoms with Gasteiger partial charge in [-0.05, 0) is 44.1 Å². The SMILES string of the molecule is O=S(=O)(c1ccc(Br)cc1Cl)N1CCN(CCN2CCCCC2)CC1. The van der Waals surface area contributed by atoms with E-state index in [4.69, 9.17) is 11.6 Å². The van der Waals surface area contributed by atoms with Gasteiger partial charge in [-0.2, -0.15) is 4.31 Å². The number of sulfonamides is 1. The van der Waals surface area contributed by atoms with Crippen LogP contribution in [-0.4, -0.2) is 74.9 Å². The van der Waals surface area contributed by atoms with E-state index in [1.165, 1.54) is 32.4 Å². The molecule has 0 spiro atoms. The van der Waals surface area contributed by atoms with Crippen LogP contribution in [0.15, 0.2) is 27.6 Å². The first-order valence-electron chi connectivity index (χ1n) is 8.87. The molecule has 1 aromatic rings. The summed E-state index contributed by atoms with van der Waals surface area (Å²) in [5.74, 6) is 0. The Balaban J connectivity index is 1.54. The van der Waals surface area contributed by atoms with E-state index in [1.807, 2.05) is 0 Å². The molecule has 140 valence electrons. The zero-order chi connectivity index (χ0) is 17.9. The Morgan fingerprint density at radius 2 is 1.52 bits per heavy atom. The molecule has 25 heavy (non-hydrogen) atoms. The third-order valence-corrected chi connectivity index (χ3v) is 7.90. The lowest BCUT2D eigenvalue weighted by Crippen LogP contribution is -2.50. The summed E-state index contributed by atoms with van der Waals surface area (Å²) in [6.45, 7) is 7.12. The van der Waals surface area contributed by atoms with Crippen molar-refractivity contribution in [3.05, 3.63) is 27.7 Å². The number of benzene rings is 1. The predicted octanol–water partition coefficient (Wildman–Crippen LogP) is 2.89. The number of piperidine rings is 1. The highest BCUT2D eigenvalue weighted by Gasteiger charge is 2.30. The van der Waals surface area contributed by atoms with Gasteiger partial charge >= 0.3 is 0 Å². The molecule has 0 atom stereocenters. The zero-order valence-electron chi connectivity index (χ0n) is 14.3. The fraction of sp³-hybridized carbons (Fsp3) is 0.647. The van der Waals surface area contributed by atoms with Crippen LogP contribution in [0, 0.1) is 0 Å². The third kappa shape index (κ3) is 4.96. The Morgan fingerprint density at radius 1 is 0.920 bits per heavy atom. The van der Waals surface area contributed by atoms with E-state index < -0.39 is 10.0 Å². The number of piperazine rings is 1. The molecule has 2 aliphatic heterocycles. The highest BCUT2D eigenvalue weighted by Crippen LogP contribution is 2.28. The van der Waals surface area contributed by atoms with Crippen molar-refractivity contribution in [1.29, 1.82) is 0 Å². The fourth-order valence-corrected chi connectivity index (χ4v) is 5.92. The molecule has 0 aliphatic carbocycles. The summed E-state index contributed by atoms with van der Waals surface area (Å²) < 4.78 is 28.0. The molecule has 0 saturated carbocycles. The second-order valence-electron chi connectivity index (χ2n) is 6.72. The van der Waals surface area contributed by atoms with Gasteiger partial charge in [0.05, 0.1) is 5.02 Å². The maximum atomic E-state index is 12.8. The molecule has 0 aromatic heterocycles. The highest BCUT2D eigenvalue weighted by molar-refractivity contribution is 9.10. The summed E-state index contributed by atoms with van der Waals surface area (Å²) in [5.41, 5.74) is 0. The maximum Gasteiger partial charge on any atom is 0.244 e. The Bertz CT molecular complexity index is 687. The number of halogens is 2. The van der Waals surface area contributed by atoms with Gasteiger partial charge in [0.15, 0.2) is 0 Å². The van der Waals surface area contributed by atoms with Crippen LogP contribution in [0.25, 0.3) is 0 Å². The Hall–Kier alpha value is -0.180. The van der Waals surface area contributed by atoms with Crippen LogP contribution < -0.4 is 0 Å². The first-order chi connectivity index (χ1) is 12.0. The summed E-state index contributed by atoms with van der Waals surface area (Å²) in [6, 6.07) is 4.92. The van der Waals surface area contributed by atoms with Gasteiger partial charge in [0, 0.05) is 43.7 Å². The van der Waals surface area contributed by atoms with Crippen LogP contribution in [0.4, 0.5) is 0 Å². The minimum Gasteiger partial charge on any atom is -0.302 e. The van der Waals surface area contributed by atoms with Crippen molar-refractivity contribution >= 4 is 37.6 Å². The van der Waals surface area contributed by atoms with Crippen molar-refractivity contribution in [3.8, 4) is 0 Å². The van der Waals surface area contributed by atoms with Crippen molar-refractivity contribution in [2.75, 3.05) is 52.4 Å². The number of hydrogen-bond acceptors (Lipinski definition) is 4. The maximum absolute atomic E-state index is 12.8. The molecule has 3 rings (SSSR count). The number of likely N-dealkylation sites (tertiary alicyclic amines) is 1. The van der Waals surface area contributed by atoms with Gasteiger partial charge < -0.3 is 4.90 Å². The molecule has 8 heteroatoms. The lowest BCUT2D eigenvalue weighted by molar-refractivity contribution is 0.149. The molecular formula is C17H25BrClN3O2S. The number of rotatable bonds is 5. The molecule has 0 amide bonds. The molecule has 0 N–H and O–H groups in total. The van der Waals surface area contributed by atoms with Crippen molar-refractivity contribution in [1.82, 2.24) is 14.1 Å². The lowest BCUT2D eigenvalue weighted by atomic mass is 10.1. The average molecular weight is 451 g/mol. The second kappa shape index (κ2) is 8.67. The molecule has 2 fully saturated rings. The number of hydrogen-bond donors (Lipinski definition) is 0. The first-order valence-corrected chi connectivity index (χ1v) is 11.5. The standard InChI is InChI=1S/C17H25BrClN3O2S/c18-15-4-5-17(16(19)14-15)25(23,24)22-12-10-21(11-13-22)9-8-20-6-2-1-3-7-20/h4-5,14H,1-3,6-13H2. The van der Waals surface area contributed by atoms with Crippen molar-refractivity contribution in [2.45, 2.75) is 24.2 Å². The molecule has 0 bridgehead atoms. The summed E-state index contributed by atoms with van der Waals surface area (Å²) in [7, 11) is -3.52. The monoisotopic (exact) mass is 449 g/mol. The summed E-state index contributed by atoms with van der Waals surface area (Å²) >= 11 is 9.46. The summed E-state index contributed by atoms with van der Waals surface area (Å²) in [6.07, 6.45) is 3.96. The van der Waals surface area contributed by atoms with E-state index in [1.54, 1.807) is 22.5 Å². The van der Waals surface area contributed by atoms with E-state index in [0.29, 0.717) is 13.1 Å². The number of nitrogens with zero attached hydrogens (tertiary/aromatic N) is 3. The zero-order valence-corrected chi connectivity index (χ0v) is 17.5. The van der Waals surface area contributed by atoms with Gasteiger partial charge in [0.1, 0.15) is 4.90 Å². The van der Waals surface area contributed by atoms with Crippen LogP contribution >= 0.6 is 27.5 Å². The van der Waals surface area contributed by atoms with Crippen molar-refractivity contribution in [2.24, 2.45) is 0 Å². The van der Waals surface area contributed by atoms with E-state index >= 15 is 0 Å². The molecular weight excluding hydrogens is 426 g/mol. The van der Waals surface area contributed by atoms with E-state index in [9.17, 15) is 8.42 Å². The smallest absolute Gasteiger partial charge is 0.244 e. The van der Waals surface area contributed by atoms with Gasteiger partial charge in [-0.15, -0.1) is 0 Å². The largest absolute Gasteiger partial charge is 0.302 e. The van der Waals surface area contributed by atoms with Gasteiger partial charge in [0.25, 0.3) is 0 Å². The average Bonchev–Trinajstić information content (AvgIpc) is 2.61. The predicted molar refractivity (Wildman–Crippen MR) is 105 cm³/mol. The lowest BCUT2D eigenvalue weighted by Gasteiger charge is -2.35. The molecule has 0 radical (unpaired) electrons. The van der Waals surface area contributed by atoms with Gasteiger partial charge in [0.2, 0.25) is 10.0 Å². The quantitative estimate of drug-likeness (QED) is 0.692. The molecule has 1 aromatic carbocycles. The van der Waals surface area contributed by atoms with Crippen molar-refractivity contribution < 1.29 is 8.42 Å². The molecule has 2 aliphatic rings. The molecule has 2 heterocycles. The highest BCUT2D eigenvalue weighted by atomic mass is 79.9. The van der Waals surface area contributed by atoms with Gasteiger partial charge in [-0.25, -0.2) is 8.42 Å². The van der Waals surface area contributed by atoms with Crippen LogP contribution in [0.2, 0.25) is 5.02 Å². The van der Waals surface area contributed by atoms with Crippen LogP contribution in [-0.2, 0) is 10.0 Å². The van der Waals surface area contributed by atoms with E-state index in [2.05, 4.69) is 25.7 Å². The molecule has 5 nitrogen and oxygen atoms in total. The Kier molecular flexibility index (Phi) is 6.79. The minimum atomic E-state index is -3.52.